The fourth-order valence-corrected chi connectivity index (χ4v) is 3.22. The molecule has 3 aliphatic rings. The van der Waals surface area contributed by atoms with Gasteiger partial charge in [0, 0.05) is 12.6 Å². The maximum absolute atomic E-state index is 11.7. The van der Waals surface area contributed by atoms with E-state index in [0.29, 0.717) is 0 Å². The quantitative estimate of drug-likeness (QED) is 0.571. The van der Waals surface area contributed by atoms with Crippen molar-refractivity contribution in [2.24, 2.45) is 0 Å². The molecule has 2 heterocycles. The standard InChI is InChI=1S/C12H15NO/c14-11-6-5-10-4-1-2-7-12(10)8-3-9-13(11)12/h4-6H,1-3,7-9H2/t12-/m0/s1. The maximum atomic E-state index is 11.7. The van der Waals surface area contributed by atoms with E-state index in [4.69, 9.17) is 0 Å². The summed E-state index contributed by atoms with van der Waals surface area (Å²) in [6.45, 7) is 0.959. The Hall–Kier alpha value is -1.05. The number of hydrogen-bond acceptors (Lipinski definition) is 1. The van der Waals surface area contributed by atoms with E-state index in [1.165, 1.54) is 37.7 Å². The summed E-state index contributed by atoms with van der Waals surface area (Å²) in [5.74, 6) is 0.224. The van der Waals surface area contributed by atoms with Crippen molar-refractivity contribution in [3.8, 4) is 0 Å². The van der Waals surface area contributed by atoms with Crippen LogP contribution in [0.2, 0.25) is 0 Å². The van der Waals surface area contributed by atoms with E-state index in [1.807, 2.05) is 6.08 Å². The zero-order valence-corrected chi connectivity index (χ0v) is 8.33. The summed E-state index contributed by atoms with van der Waals surface area (Å²) < 4.78 is 0. The molecule has 0 aromatic carbocycles. The first-order valence-electron chi connectivity index (χ1n) is 5.53. The van der Waals surface area contributed by atoms with Gasteiger partial charge in [0.1, 0.15) is 0 Å². The van der Waals surface area contributed by atoms with Crippen LogP contribution in [-0.2, 0) is 4.79 Å². The molecule has 0 saturated carbocycles. The van der Waals surface area contributed by atoms with Crippen molar-refractivity contribution in [3.05, 3.63) is 23.8 Å². The predicted molar refractivity (Wildman–Crippen MR) is 54.8 cm³/mol. The average molecular weight is 189 g/mol. The molecule has 0 aromatic rings. The summed E-state index contributed by atoms with van der Waals surface area (Å²) in [6.07, 6.45) is 12.0. The molecule has 1 atom stereocenters. The number of carbonyl (C=O) groups excluding carboxylic acids is 1. The average Bonchev–Trinajstić information content (AvgIpc) is 2.62. The van der Waals surface area contributed by atoms with Crippen LogP contribution in [-0.4, -0.2) is 22.9 Å². The summed E-state index contributed by atoms with van der Waals surface area (Å²) in [5, 5.41) is 0. The molecule has 0 N–H and O–H groups in total. The lowest BCUT2D eigenvalue weighted by atomic mass is 9.76. The minimum Gasteiger partial charge on any atom is -0.329 e. The van der Waals surface area contributed by atoms with Gasteiger partial charge < -0.3 is 4.90 Å². The van der Waals surface area contributed by atoms with Gasteiger partial charge in [-0.25, -0.2) is 0 Å². The van der Waals surface area contributed by atoms with Crippen LogP contribution in [0.15, 0.2) is 23.8 Å². The van der Waals surface area contributed by atoms with Crippen molar-refractivity contribution in [1.82, 2.24) is 4.90 Å². The number of amides is 1. The molecule has 0 unspecified atom stereocenters. The Labute approximate surface area is 84.3 Å². The van der Waals surface area contributed by atoms with E-state index in [-0.39, 0.29) is 11.4 Å². The van der Waals surface area contributed by atoms with Crippen LogP contribution in [0, 0.1) is 0 Å². The molecule has 1 aliphatic carbocycles. The summed E-state index contributed by atoms with van der Waals surface area (Å²) in [5.41, 5.74) is 1.52. The molecular formula is C12H15NO. The predicted octanol–water partition coefficient (Wildman–Crippen LogP) is 2.03. The molecule has 1 amide bonds. The molecule has 0 radical (unpaired) electrons. The van der Waals surface area contributed by atoms with Crippen molar-refractivity contribution < 1.29 is 4.79 Å². The van der Waals surface area contributed by atoms with Crippen LogP contribution in [0.3, 0.4) is 0 Å². The summed E-state index contributed by atoms with van der Waals surface area (Å²) in [6, 6.07) is 0. The number of hydrogen-bond donors (Lipinski definition) is 0. The Bertz CT molecular complexity index is 342. The van der Waals surface area contributed by atoms with Crippen LogP contribution in [0.5, 0.6) is 0 Å². The number of carbonyl (C=O) groups is 1. The number of nitrogens with zero attached hydrogens (tertiary/aromatic N) is 1. The van der Waals surface area contributed by atoms with Crippen molar-refractivity contribution >= 4 is 5.91 Å². The van der Waals surface area contributed by atoms with Gasteiger partial charge in [-0.3, -0.25) is 4.79 Å². The topological polar surface area (TPSA) is 20.3 Å². The zero-order chi connectivity index (χ0) is 9.60. The van der Waals surface area contributed by atoms with Gasteiger partial charge in [-0.2, -0.15) is 0 Å². The van der Waals surface area contributed by atoms with Gasteiger partial charge in [0.25, 0.3) is 0 Å². The molecule has 2 nitrogen and oxygen atoms in total. The second-order valence-corrected chi connectivity index (χ2v) is 4.51. The fraction of sp³-hybridized carbons (Fsp3) is 0.583. The molecular weight excluding hydrogens is 174 g/mol. The van der Waals surface area contributed by atoms with Crippen LogP contribution in [0.4, 0.5) is 0 Å². The SMILES string of the molecule is O=C1C=CC2=CCCC[C@]23CCCN13. The zero-order valence-electron chi connectivity index (χ0n) is 8.33. The minimum atomic E-state index is 0.115. The number of allylic oxidation sites excluding steroid dienone is 1. The van der Waals surface area contributed by atoms with E-state index < -0.39 is 0 Å². The fourth-order valence-electron chi connectivity index (χ4n) is 3.22. The Balaban J connectivity index is 2.13. The Kier molecular flexibility index (Phi) is 1.61. The normalized spacial score (nSPS) is 35.3. The van der Waals surface area contributed by atoms with Crippen molar-refractivity contribution in [2.45, 2.75) is 37.6 Å². The van der Waals surface area contributed by atoms with Crippen LogP contribution in [0.1, 0.15) is 32.1 Å². The summed E-state index contributed by atoms with van der Waals surface area (Å²) >= 11 is 0. The van der Waals surface area contributed by atoms with Crippen molar-refractivity contribution in [2.75, 3.05) is 6.54 Å². The van der Waals surface area contributed by atoms with E-state index in [1.54, 1.807) is 6.08 Å². The van der Waals surface area contributed by atoms with Crippen molar-refractivity contribution in [3.63, 3.8) is 0 Å². The van der Waals surface area contributed by atoms with E-state index in [2.05, 4.69) is 11.0 Å². The number of rotatable bonds is 0. The molecule has 2 aliphatic heterocycles. The van der Waals surface area contributed by atoms with Gasteiger partial charge in [-0.05, 0) is 37.7 Å². The van der Waals surface area contributed by atoms with Gasteiger partial charge in [0.05, 0.1) is 5.54 Å². The van der Waals surface area contributed by atoms with Crippen LogP contribution in [0.25, 0.3) is 0 Å². The molecule has 1 spiro atoms. The van der Waals surface area contributed by atoms with E-state index in [0.717, 1.165) is 6.54 Å². The van der Waals surface area contributed by atoms with Gasteiger partial charge in [0.15, 0.2) is 0 Å². The highest BCUT2D eigenvalue weighted by atomic mass is 16.2. The molecule has 0 aromatic heterocycles. The first-order valence-corrected chi connectivity index (χ1v) is 5.53. The maximum Gasteiger partial charge on any atom is 0.247 e. The third kappa shape index (κ3) is 0.887. The second kappa shape index (κ2) is 2.72. The molecule has 3 rings (SSSR count). The monoisotopic (exact) mass is 189 g/mol. The molecule has 1 saturated heterocycles. The van der Waals surface area contributed by atoms with Gasteiger partial charge in [0.2, 0.25) is 5.91 Å². The summed E-state index contributed by atoms with van der Waals surface area (Å²) in [7, 11) is 0. The van der Waals surface area contributed by atoms with Crippen LogP contribution < -0.4 is 0 Å². The molecule has 14 heavy (non-hydrogen) atoms. The lowest BCUT2D eigenvalue weighted by Crippen LogP contribution is -2.50. The third-order valence-corrected chi connectivity index (χ3v) is 3.86. The van der Waals surface area contributed by atoms with Gasteiger partial charge >= 0.3 is 0 Å². The summed E-state index contributed by atoms with van der Waals surface area (Å²) in [4.78, 5) is 13.8. The highest BCUT2D eigenvalue weighted by molar-refractivity contribution is 5.91. The molecule has 2 heteroatoms. The van der Waals surface area contributed by atoms with Crippen LogP contribution >= 0.6 is 0 Å². The Morgan fingerprint density at radius 2 is 2.07 bits per heavy atom. The van der Waals surface area contributed by atoms with E-state index >= 15 is 0 Å². The first kappa shape index (κ1) is 8.27. The van der Waals surface area contributed by atoms with Crippen molar-refractivity contribution in [1.29, 1.82) is 0 Å². The lowest BCUT2D eigenvalue weighted by Gasteiger charge is -2.44. The third-order valence-electron chi connectivity index (χ3n) is 3.86. The van der Waals surface area contributed by atoms with Gasteiger partial charge in [-0.15, -0.1) is 0 Å². The first-order chi connectivity index (χ1) is 6.83. The lowest BCUT2D eigenvalue weighted by molar-refractivity contribution is -0.129. The Morgan fingerprint density at radius 3 is 3.00 bits per heavy atom. The molecule has 0 bridgehead atoms. The van der Waals surface area contributed by atoms with Gasteiger partial charge in [-0.1, -0.05) is 12.2 Å². The largest absolute Gasteiger partial charge is 0.329 e. The second-order valence-electron chi connectivity index (χ2n) is 4.51. The Morgan fingerprint density at radius 1 is 1.21 bits per heavy atom. The smallest absolute Gasteiger partial charge is 0.247 e. The highest BCUT2D eigenvalue weighted by Gasteiger charge is 2.47. The minimum absolute atomic E-state index is 0.115. The highest BCUT2D eigenvalue weighted by Crippen LogP contribution is 2.45. The molecule has 1 fully saturated rings. The van der Waals surface area contributed by atoms with E-state index in [9.17, 15) is 4.79 Å². The molecule has 74 valence electrons.